The van der Waals surface area contributed by atoms with E-state index in [1.165, 1.54) is 0 Å². The number of amidine groups is 1. The van der Waals surface area contributed by atoms with Gasteiger partial charge in [-0.1, -0.05) is 13.8 Å². The molecular weight excluding hydrogens is 102 g/mol. The molecule has 8 heavy (non-hydrogen) atoms. The maximum atomic E-state index is 6.88. The largest absolute Gasteiger partial charge is 0.386 e. The van der Waals surface area contributed by atoms with Crippen LogP contribution in [0.25, 0.3) is 0 Å². The highest BCUT2D eigenvalue weighted by molar-refractivity contribution is 5.82. The van der Waals surface area contributed by atoms with E-state index < -0.39 is 0 Å². The second kappa shape index (κ2) is 2.67. The highest BCUT2D eigenvalue weighted by atomic mass is 14.8. The van der Waals surface area contributed by atoms with E-state index in [9.17, 15) is 0 Å². The molecule has 0 aliphatic rings. The second-order valence-electron chi connectivity index (χ2n) is 2.23. The Balaban J connectivity index is 3.64. The van der Waals surface area contributed by atoms with Gasteiger partial charge in [-0.25, -0.2) is 0 Å². The summed E-state index contributed by atoms with van der Waals surface area (Å²) >= 11 is 0. The van der Waals surface area contributed by atoms with E-state index in [-0.39, 0.29) is 17.8 Å². The second-order valence-corrected chi connectivity index (χ2v) is 2.23. The Bertz CT molecular complexity index is 87.7. The van der Waals surface area contributed by atoms with Gasteiger partial charge in [-0.2, -0.15) is 0 Å². The highest BCUT2D eigenvalue weighted by Gasteiger charge is 2.08. The number of nitrogens with two attached hydrogens (primary N) is 2. The van der Waals surface area contributed by atoms with Crippen molar-refractivity contribution in [1.82, 2.24) is 0 Å². The molecule has 3 heteroatoms. The first kappa shape index (κ1) is 7.43. The molecule has 0 bridgehead atoms. The Labute approximate surface area is 49.6 Å². The summed E-state index contributed by atoms with van der Waals surface area (Å²) in [6, 6.07) is -0.269. The van der Waals surface area contributed by atoms with Gasteiger partial charge in [-0.05, 0) is 5.92 Å². The fourth-order valence-electron chi connectivity index (χ4n) is 0.359. The fourth-order valence-corrected chi connectivity index (χ4v) is 0.359. The zero-order chi connectivity index (χ0) is 6.73. The summed E-state index contributed by atoms with van der Waals surface area (Å²) in [4.78, 5) is 0. The monoisotopic (exact) mass is 115 g/mol. The van der Waals surface area contributed by atoms with Crippen molar-refractivity contribution in [2.24, 2.45) is 17.4 Å². The lowest BCUT2D eigenvalue weighted by atomic mass is 10.1. The summed E-state index contributed by atoms with van der Waals surface area (Å²) in [7, 11) is 0. The number of rotatable bonds is 2. The molecule has 0 aromatic carbocycles. The van der Waals surface area contributed by atoms with E-state index in [0.29, 0.717) is 0 Å². The smallest absolute Gasteiger partial charge is 0.108 e. The average Bonchev–Trinajstić information content (AvgIpc) is 1.64. The lowest BCUT2D eigenvalue weighted by Gasteiger charge is -2.11. The van der Waals surface area contributed by atoms with Crippen molar-refractivity contribution in [3.8, 4) is 0 Å². The highest BCUT2D eigenvalue weighted by Crippen LogP contribution is 1.95. The van der Waals surface area contributed by atoms with Crippen LogP contribution in [0.1, 0.15) is 13.8 Å². The first-order chi connectivity index (χ1) is 3.55. The first-order valence-electron chi connectivity index (χ1n) is 2.65. The summed E-state index contributed by atoms with van der Waals surface area (Å²) in [6.07, 6.45) is 0. The van der Waals surface area contributed by atoms with Gasteiger partial charge in [0.25, 0.3) is 0 Å². The zero-order valence-electron chi connectivity index (χ0n) is 5.31. The van der Waals surface area contributed by atoms with E-state index in [1.807, 2.05) is 13.8 Å². The fraction of sp³-hybridized carbons (Fsp3) is 0.800. The molecular formula is C5H13N3. The van der Waals surface area contributed by atoms with Gasteiger partial charge in [0.15, 0.2) is 0 Å². The molecule has 0 amide bonds. The van der Waals surface area contributed by atoms with Crippen LogP contribution in [-0.4, -0.2) is 11.9 Å². The third kappa shape index (κ3) is 1.93. The molecule has 0 aliphatic heterocycles. The topological polar surface area (TPSA) is 75.9 Å². The van der Waals surface area contributed by atoms with Gasteiger partial charge >= 0.3 is 0 Å². The van der Waals surface area contributed by atoms with Gasteiger partial charge in [-0.15, -0.1) is 0 Å². The molecule has 0 rings (SSSR count). The standard InChI is InChI=1S/C5H13N3/c1-3(2)4(6)5(7)8/h3-4H,6H2,1-2H3,(H3,7,8). The van der Waals surface area contributed by atoms with Crippen molar-refractivity contribution in [2.45, 2.75) is 19.9 Å². The molecule has 0 heterocycles. The van der Waals surface area contributed by atoms with Gasteiger partial charge in [0.05, 0.1) is 6.04 Å². The van der Waals surface area contributed by atoms with Crippen molar-refractivity contribution in [1.29, 1.82) is 5.41 Å². The number of hydrogen-bond donors (Lipinski definition) is 3. The van der Waals surface area contributed by atoms with Crippen LogP contribution in [0, 0.1) is 11.3 Å². The Morgan fingerprint density at radius 1 is 1.50 bits per heavy atom. The van der Waals surface area contributed by atoms with Crippen molar-refractivity contribution < 1.29 is 0 Å². The van der Waals surface area contributed by atoms with Crippen molar-refractivity contribution in [3.63, 3.8) is 0 Å². The molecule has 0 aromatic rings. The Morgan fingerprint density at radius 2 is 1.88 bits per heavy atom. The van der Waals surface area contributed by atoms with Gasteiger partial charge in [0.2, 0.25) is 0 Å². The van der Waals surface area contributed by atoms with E-state index >= 15 is 0 Å². The molecule has 5 N–H and O–H groups in total. The molecule has 1 unspecified atom stereocenters. The van der Waals surface area contributed by atoms with E-state index in [1.54, 1.807) is 0 Å². The molecule has 0 saturated carbocycles. The normalized spacial score (nSPS) is 14.0. The predicted octanol–water partition coefficient (Wildman–Crippen LogP) is -0.0943. The maximum absolute atomic E-state index is 6.88. The van der Waals surface area contributed by atoms with E-state index in [2.05, 4.69) is 0 Å². The van der Waals surface area contributed by atoms with Crippen LogP contribution in [-0.2, 0) is 0 Å². The summed E-state index contributed by atoms with van der Waals surface area (Å²) in [6.45, 7) is 3.87. The molecule has 3 nitrogen and oxygen atoms in total. The molecule has 0 spiro atoms. The quantitative estimate of drug-likeness (QED) is 0.347. The molecule has 0 fully saturated rings. The number of hydrogen-bond acceptors (Lipinski definition) is 2. The third-order valence-corrected chi connectivity index (χ3v) is 1.08. The Kier molecular flexibility index (Phi) is 2.48. The van der Waals surface area contributed by atoms with Crippen molar-refractivity contribution in [2.75, 3.05) is 0 Å². The molecule has 0 saturated heterocycles. The van der Waals surface area contributed by atoms with Crippen LogP contribution in [0.3, 0.4) is 0 Å². The van der Waals surface area contributed by atoms with Gasteiger partial charge in [0, 0.05) is 0 Å². The van der Waals surface area contributed by atoms with E-state index in [0.717, 1.165) is 0 Å². The van der Waals surface area contributed by atoms with Crippen LogP contribution in [0.5, 0.6) is 0 Å². The SMILES string of the molecule is CC(C)C(N)C(=N)N. The Morgan fingerprint density at radius 3 is 1.88 bits per heavy atom. The van der Waals surface area contributed by atoms with Gasteiger partial charge in [0.1, 0.15) is 5.84 Å². The molecule has 0 aromatic heterocycles. The zero-order valence-corrected chi connectivity index (χ0v) is 5.31. The molecule has 0 radical (unpaired) electrons. The summed E-state index contributed by atoms with van der Waals surface area (Å²) < 4.78 is 0. The molecule has 0 aliphatic carbocycles. The first-order valence-corrected chi connectivity index (χ1v) is 2.65. The average molecular weight is 115 g/mol. The molecule has 48 valence electrons. The van der Waals surface area contributed by atoms with E-state index in [4.69, 9.17) is 16.9 Å². The maximum Gasteiger partial charge on any atom is 0.108 e. The minimum Gasteiger partial charge on any atom is -0.386 e. The predicted molar refractivity (Wildman–Crippen MR) is 34.7 cm³/mol. The van der Waals surface area contributed by atoms with Crippen molar-refractivity contribution >= 4 is 5.84 Å². The summed E-state index contributed by atoms with van der Waals surface area (Å²) in [5, 5.41) is 6.88. The van der Waals surface area contributed by atoms with Crippen LogP contribution >= 0.6 is 0 Å². The van der Waals surface area contributed by atoms with Crippen molar-refractivity contribution in [3.05, 3.63) is 0 Å². The van der Waals surface area contributed by atoms with Crippen LogP contribution in [0.15, 0.2) is 0 Å². The molecule has 1 atom stereocenters. The minimum absolute atomic E-state index is 0.0694. The summed E-state index contributed by atoms with van der Waals surface area (Å²) in [5.41, 5.74) is 10.5. The van der Waals surface area contributed by atoms with Crippen LogP contribution < -0.4 is 11.5 Å². The third-order valence-electron chi connectivity index (χ3n) is 1.08. The summed E-state index contributed by atoms with van der Waals surface area (Å²) in [5.74, 6) is 0.340. The van der Waals surface area contributed by atoms with Gasteiger partial charge in [-0.3, -0.25) is 5.41 Å². The lowest BCUT2D eigenvalue weighted by molar-refractivity contribution is 0.590. The van der Waals surface area contributed by atoms with Crippen LogP contribution in [0.2, 0.25) is 0 Å². The Hall–Kier alpha value is -0.570. The van der Waals surface area contributed by atoms with Gasteiger partial charge < -0.3 is 11.5 Å². The number of nitrogens with one attached hydrogen (secondary N) is 1. The lowest BCUT2D eigenvalue weighted by Crippen LogP contribution is -2.39. The van der Waals surface area contributed by atoms with Crippen LogP contribution in [0.4, 0.5) is 0 Å². The minimum atomic E-state index is -0.269.